The van der Waals surface area contributed by atoms with E-state index >= 15 is 0 Å². The first-order chi connectivity index (χ1) is 12.9. The number of halogens is 3. The number of aryl methyl sites for hydroxylation is 1. The molecule has 28 heavy (non-hydrogen) atoms. The second-order valence-corrected chi connectivity index (χ2v) is 8.05. The number of aromatic nitrogens is 2. The highest BCUT2D eigenvalue weighted by molar-refractivity contribution is 7.89. The van der Waals surface area contributed by atoms with E-state index in [4.69, 9.17) is 0 Å². The number of nitrogens with one attached hydrogen (secondary N) is 1. The minimum Gasteiger partial charge on any atom is -0.476 e. The Morgan fingerprint density at radius 1 is 1.29 bits per heavy atom. The predicted molar refractivity (Wildman–Crippen MR) is 89.1 cm³/mol. The molecule has 0 aliphatic heterocycles. The lowest BCUT2D eigenvalue weighted by molar-refractivity contribution is -0.274. The molecule has 0 bridgehead atoms. The number of rotatable bonds is 6. The zero-order valence-corrected chi connectivity index (χ0v) is 15.3. The Labute approximate surface area is 158 Å². The molecule has 2 aromatic rings. The molecule has 0 saturated heterocycles. The van der Waals surface area contributed by atoms with Crippen molar-refractivity contribution >= 4 is 16.0 Å². The van der Waals surface area contributed by atoms with Crippen LogP contribution in [-0.2, 0) is 22.6 Å². The van der Waals surface area contributed by atoms with Crippen LogP contribution in [0.5, 0.6) is 5.75 Å². The van der Waals surface area contributed by atoms with Gasteiger partial charge in [0.25, 0.3) is 0 Å². The molecule has 1 aromatic heterocycles. The molecule has 152 valence electrons. The van der Waals surface area contributed by atoms with Gasteiger partial charge >= 0.3 is 12.3 Å². The van der Waals surface area contributed by atoms with Gasteiger partial charge in [0.15, 0.2) is 5.69 Å². The molecule has 8 nitrogen and oxygen atoms in total. The third-order valence-corrected chi connectivity index (χ3v) is 6.11. The number of sulfonamides is 1. The van der Waals surface area contributed by atoms with Crippen molar-refractivity contribution in [2.24, 2.45) is 7.05 Å². The number of nitrogens with zero attached hydrogens (tertiary/aromatic N) is 2. The minimum absolute atomic E-state index is 0.411. The van der Waals surface area contributed by atoms with E-state index in [1.165, 1.54) is 19.2 Å². The topological polar surface area (TPSA) is 111 Å². The first-order valence-electron chi connectivity index (χ1n) is 8.09. The van der Waals surface area contributed by atoms with Gasteiger partial charge in [0.05, 0.1) is 11.7 Å². The largest absolute Gasteiger partial charge is 0.573 e. The molecule has 1 aromatic carbocycles. The van der Waals surface area contributed by atoms with Crippen molar-refractivity contribution < 1.29 is 36.2 Å². The van der Waals surface area contributed by atoms with E-state index in [0.29, 0.717) is 24.8 Å². The second kappa shape index (κ2) is 6.78. The van der Waals surface area contributed by atoms with E-state index in [1.807, 2.05) is 0 Å². The monoisotopic (exact) mass is 419 g/mol. The molecular formula is C16H16F3N3O5S. The number of hydrogen-bond donors (Lipinski definition) is 2. The zero-order chi connectivity index (χ0) is 20.7. The summed E-state index contributed by atoms with van der Waals surface area (Å²) in [4.78, 5) is 10.9. The summed E-state index contributed by atoms with van der Waals surface area (Å²) in [6.45, 7) is 0. The van der Waals surface area contributed by atoms with Crippen LogP contribution in [0.2, 0.25) is 0 Å². The first kappa shape index (κ1) is 20.1. The highest BCUT2D eigenvalue weighted by Gasteiger charge is 2.43. The highest BCUT2D eigenvalue weighted by Crippen LogP contribution is 2.43. The van der Waals surface area contributed by atoms with Crippen LogP contribution in [0, 0.1) is 0 Å². The molecular weight excluding hydrogens is 403 g/mol. The number of ether oxygens (including phenoxy) is 1. The van der Waals surface area contributed by atoms with Gasteiger partial charge in [-0.25, -0.2) is 17.9 Å². The lowest BCUT2D eigenvalue weighted by Crippen LogP contribution is -2.50. The predicted octanol–water partition coefficient (Wildman–Crippen LogP) is 2.37. The summed E-state index contributed by atoms with van der Waals surface area (Å²) in [7, 11) is -2.94. The second-order valence-electron chi connectivity index (χ2n) is 6.40. The molecule has 0 atom stereocenters. The van der Waals surface area contributed by atoms with Gasteiger partial charge in [-0.15, -0.1) is 13.2 Å². The van der Waals surface area contributed by atoms with E-state index in [2.05, 4.69) is 14.6 Å². The van der Waals surface area contributed by atoms with Crippen LogP contribution in [-0.4, -0.2) is 35.6 Å². The number of hydrogen-bond acceptors (Lipinski definition) is 5. The van der Waals surface area contributed by atoms with Gasteiger partial charge < -0.3 is 9.84 Å². The van der Waals surface area contributed by atoms with Crippen LogP contribution in [0.1, 0.15) is 35.3 Å². The molecule has 1 aliphatic rings. The average molecular weight is 419 g/mol. The fourth-order valence-electron chi connectivity index (χ4n) is 3.13. The Bertz CT molecular complexity index is 996. The summed E-state index contributed by atoms with van der Waals surface area (Å²) in [5.41, 5.74) is -1.07. The average Bonchev–Trinajstić information content (AvgIpc) is 2.93. The zero-order valence-electron chi connectivity index (χ0n) is 14.5. The number of benzene rings is 1. The van der Waals surface area contributed by atoms with Gasteiger partial charge in [0, 0.05) is 7.05 Å². The van der Waals surface area contributed by atoms with Gasteiger partial charge in [0.1, 0.15) is 10.6 Å². The highest BCUT2D eigenvalue weighted by atomic mass is 32.2. The molecule has 1 fully saturated rings. The van der Waals surface area contributed by atoms with Gasteiger partial charge in [-0.2, -0.15) is 5.10 Å². The number of alkyl halides is 3. The minimum atomic E-state index is -4.83. The Kier molecular flexibility index (Phi) is 4.88. The maximum absolute atomic E-state index is 12.8. The number of carboxylic acids is 1. The van der Waals surface area contributed by atoms with Crippen LogP contribution in [0.15, 0.2) is 35.4 Å². The molecule has 1 aliphatic carbocycles. The summed E-state index contributed by atoms with van der Waals surface area (Å²) in [6, 6.07) is 4.90. The van der Waals surface area contributed by atoms with Crippen molar-refractivity contribution in [3.63, 3.8) is 0 Å². The normalized spacial score (nSPS) is 16.4. The molecule has 0 spiro atoms. The van der Waals surface area contributed by atoms with Gasteiger partial charge in [0.2, 0.25) is 10.0 Å². The van der Waals surface area contributed by atoms with Crippen LogP contribution in [0.25, 0.3) is 0 Å². The third kappa shape index (κ3) is 3.83. The first-order valence-corrected chi connectivity index (χ1v) is 9.57. The Morgan fingerprint density at radius 3 is 2.36 bits per heavy atom. The smallest absolute Gasteiger partial charge is 0.476 e. The molecule has 1 saturated carbocycles. The quantitative estimate of drug-likeness (QED) is 0.744. The van der Waals surface area contributed by atoms with E-state index in [-0.39, 0.29) is 0 Å². The third-order valence-electron chi connectivity index (χ3n) is 4.57. The molecule has 0 amide bonds. The molecule has 12 heteroatoms. The number of carbonyl (C=O) groups is 1. The number of carboxylic acid groups (broad SMARTS) is 1. The van der Waals surface area contributed by atoms with Gasteiger partial charge in [-0.05, 0) is 37.0 Å². The lowest BCUT2D eigenvalue weighted by Gasteiger charge is -2.42. The van der Waals surface area contributed by atoms with Crippen molar-refractivity contribution in [2.75, 3.05) is 0 Å². The Morgan fingerprint density at radius 2 is 1.89 bits per heavy atom. The van der Waals surface area contributed by atoms with Crippen molar-refractivity contribution in [1.82, 2.24) is 14.5 Å². The van der Waals surface area contributed by atoms with Crippen LogP contribution in [0.4, 0.5) is 13.2 Å². The van der Waals surface area contributed by atoms with Gasteiger partial charge in [-0.3, -0.25) is 4.68 Å². The SMILES string of the molecule is Cn1ncc(S(=O)(=O)NC2(c3ccc(OC(F)(F)F)cc3)CCC2)c1C(=O)O. The van der Waals surface area contributed by atoms with E-state index in [0.717, 1.165) is 23.0 Å². The van der Waals surface area contributed by atoms with Crippen LogP contribution < -0.4 is 9.46 Å². The van der Waals surface area contributed by atoms with Crippen molar-refractivity contribution in [3.05, 3.63) is 41.7 Å². The summed E-state index contributed by atoms with van der Waals surface area (Å²) < 4.78 is 69.8. The van der Waals surface area contributed by atoms with Crippen molar-refractivity contribution in [3.8, 4) is 5.75 Å². The number of aromatic carboxylic acids is 1. The summed E-state index contributed by atoms with van der Waals surface area (Å²) in [6.07, 6.45) is -2.37. The molecule has 1 heterocycles. The fraction of sp³-hybridized carbons (Fsp3) is 0.375. The fourth-order valence-corrected chi connectivity index (χ4v) is 4.73. The van der Waals surface area contributed by atoms with Crippen LogP contribution in [0.3, 0.4) is 0 Å². The Hall–Kier alpha value is -2.60. The maximum atomic E-state index is 12.8. The molecule has 3 rings (SSSR count). The summed E-state index contributed by atoms with van der Waals surface area (Å²) in [5.74, 6) is -1.87. The lowest BCUT2D eigenvalue weighted by atomic mass is 9.73. The maximum Gasteiger partial charge on any atom is 0.573 e. The Balaban J connectivity index is 1.90. The van der Waals surface area contributed by atoms with E-state index in [9.17, 15) is 31.5 Å². The standard InChI is InChI=1S/C16H16F3N3O5S/c1-22-13(14(23)24)12(9-20-22)28(25,26)21-15(7-2-8-15)10-3-5-11(6-4-10)27-16(17,18)19/h3-6,9,21H,2,7-8H2,1H3,(H,23,24). The summed E-state index contributed by atoms with van der Waals surface area (Å²) in [5, 5.41) is 12.9. The molecule has 2 N–H and O–H groups in total. The van der Waals surface area contributed by atoms with Gasteiger partial charge in [-0.1, -0.05) is 12.1 Å². The summed E-state index contributed by atoms with van der Waals surface area (Å²) >= 11 is 0. The van der Waals surface area contributed by atoms with Crippen LogP contribution >= 0.6 is 0 Å². The van der Waals surface area contributed by atoms with E-state index in [1.54, 1.807) is 0 Å². The van der Waals surface area contributed by atoms with Crippen molar-refractivity contribution in [2.45, 2.75) is 36.1 Å². The molecule has 0 unspecified atom stereocenters. The van der Waals surface area contributed by atoms with E-state index < -0.39 is 44.2 Å². The van der Waals surface area contributed by atoms with Crippen molar-refractivity contribution in [1.29, 1.82) is 0 Å². The molecule has 0 radical (unpaired) electrons.